The average molecular weight is 223 g/mol. The van der Waals surface area contributed by atoms with Gasteiger partial charge in [0.15, 0.2) is 0 Å². The molecule has 1 aliphatic carbocycles. The first-order valence-electron chi connectivity index (χ1n) is 7.28. The first-order chi connectivity index (χ1) is 7.86. The number of nitrogens with one attached hydrogen (secondary N) is 1. The van der Waals surface area contributed by atoms with Crippen LogP contribution in [0.3, 0.4) is 0 Å². The summed E-state index contributed by atoms with van der Waals surface area (Å²) in [4.78, 5) is 0. The molecule has 1 nitrogen and oxygen atoms in total. The fourth-order valence-electron chi connectivity index (χ4n) is 2.61. The molecule has 0 saturated carbocycles. The molecule has 0 bridgehead atoms. The summed E-state index contributed by atoms with van der Waals surface area (Å²) < 4.78 is 0. The predicted molar refractivity (Wildman–Crippen MR) is 72.8 cm³/mol. The van der Waals surface area contributed by atoms with Crippen molar-refractivity contribution >= 4 is 0 Å². The van der Waals surface area contributed by atoms with Crippen LogP contribution in [0.4, 0.5) is 0 Å². The second kappa shape index (κ2) is 8.81. The lowest BCUT2D eigenvalue weighted by atomic mass is 9.92. The maximum atomic E-state index is 3.65. The molecule has 0 amide bonds. The van der Waals surface area contributed by atoms with Crippen molar-refractivity contribution in [1.29, 1.82) is 0 Å². The van der Waals surface area contributed by atoms with Gasteiger partial charge >= 0.3 is 0 Å². The van der Waals surface area contributed by atoms with Crippen molar-refractivity contribution in [3.05, 3.63) is 11.6 Å². The molecule has 1 heteroatoms. The van der Waals surface area contributed by atoms with E-state index in [-0.39, 0.29) is 0 Å². The van der Waals surface area contributed by atoms with E-state index in [0.717, 1.165) is 12.6 Å². The minimum Gasteiger partial charge on any atom is -0.314 e. The van der Waals surface area contributed by atoms with Crippen molar-refractivity contribution in [3.8, 4) is 0 Å². The number of unbranched alkanes of at least 4 members (excludes halogenated alkanes) is 2. The molecule has 1 atom stereocenters. The van der Waals surface area contributed by atoms with Gasteiger partial charge in [-0.2, -0.15) is 0 Å². The number of hydrogen-bond donors (Lipinski definition) is 1. The fourth-order valence-corrected chi connectivity index (χ4v) is 2.61. The Bertz CT molecular complexity index is 196. The van der Waals surface area contributed by atoms with E-state index < -0.39 is 0 Å². The molecule has 16 heavy (non-hydrogen) atoms. The molecule has 94 valence electrons. The molecule has 0 saturated heterocycles. The Hall–Kier alpha value is -0.300. The molecule has 1 unspecified atom stereocenters. The van der Waals surface area contributed by atoms with E-state index >= 15 is 0 Å². The first-order valence-corrected chi connectivity index (χ1v) is 7.28. The van der Waals surface area contributed by atoms with Crippen LogP contribution >= 0.6 is 0 Å². The average Bonchev–Trinajstić information content (AvgIpc) is 2.31. The van der Waals surface area contributed by atoms with Crippen LogP contribution in [-0.2, 0) is 0 Å². The lowest BCUT2D eigenvalue weighted by molar-refractivity contribution is 0.456. The van der Waals surface area contributed by atoms with Crippen LogP contribution in [0.2, 0.25) is 0 Å². The van der Waals surface area contributed by atoms with Crippen LogP contribution < -0.4 is 5.32 Å². The highest BCUT2D eigenvalue weighted by Gasteiger charge is 2.11. The SMILES string of the molecule is CCCCCC(CC1=CCCCC1)NCC. The topological polar surface area (TPSA) is 12.0 Å². The van der Waals surface area contributed by atoms with Crippen LogP contribution in [0.5, 0.6) is 0 Å². The summed E-state index contributed by atoms with van der Waals surface area (Å²) in [5, 5.41) is 3.65. The Balaban J connectivity index is 2.28. The Kier molecular flexibility index (Phi) is 7.58. The summed E-state index contributed by atoms with van der Waals surface area (Å²) in [6, 6.07) is 0.737. The van der Waals surface area contributed by atoms with Crippen LogP contribution in [-0.4, -0.2) is 12.6 Å². The van der Waals surface area contributed by atoms with E-state index in [4.69, 9.17) is 0 Å². The Morgan fingerprint density at radius 3 is 2.75 bits per heavy atom. The van der Waals surface area contributed by atoms with Crippen molar-refractivity contribution < 1.29 is 0 Å². The molecular weight excluding hydrogens is 194 g/mol. The van der Waals surface area contributed by atoms with Crippen molar-refractivity contribution in [2.75, 3.05) is 6.54 Å². The molecule has 0 fully saturated rings. The summed E-state index contributed by atoms with van der Waals surface area (Å²) in [7, 11) is 0. The molecule has 0 radical (unpaired) electrons. The van der Waals surface area contributed by atoms with Crippen LogP contribution in [0, 0.1) is 0 Å². The maximum absolute atomic E-state index is 3.65. The maximum Gasteiger partial charge on any atom is 0.0104 e. The van der Waals surface area contributed by atoms with Crippen molar-refractivity contribution in [1.82, 2.24) is 5.32 Å². The summed E-state index contributed by atoms with van der Waals surface area (Å²) in [5.74, 6) is 0. The fraction of sp³-hybridized carbons (Fsp3) is 0.867. The summed E-state index contributed by atoms with van der Waals surface area (Å²) >= 11 is 0. The van der Waals surface area contributed by atoms with Gasteiger partial charge in [0.05, 0.1) is 0 Å². The molecular formula is C15H29N. The predicted octanol–water partition coefficient (Wildman–Crippen LogP) is 4.44. The van der Waals surface area contributed by atoms with Crippen LogP contribution in [0.1, 0.15) is 71.6 Å². The van der Waals surface area contributed by atoms with Gasteiger partial charge in [0.25, 0.3) is 0 Å². The third-order valence-electron chi connectivity index (χ3n) is 3.54. The Morgan fingerprint density at radius 2 is 2.12 bits per heavy atom. The minimum absolute atomic E-state index is 0.737. The number of hydrogen-bond acceptors (Lipinski definition) is 1. The van der Waals surface area contributed by atoms with E-state index in [2.05, 4.69) is 25.2 Å². The van der Waals surface area contributed by atoms with Gasteiger partial charge in [-0.05, 0) is 45.1 Å². The lowest BCUT2D eigenvalue weighted by Crippen LogP contribution is -2.29. The summed E-state index contributed by atoms with van der Waals surface area (Å²) in [6.07, 6.45) is 14.8. The quantitative estimate of drug-likeness (QED) is 0.474. The Morgan fingerprint density at radius 1 is 1.25 bits per heavy atom. The van der Waals surface area contributed by atoms with E-state index in [1.807, 2.05) is 0 Å². The summed E-state index contributed by atoms with van der Waals surface area (Å²) in [5.41, 5.74) is 1.72. The van der Waals surface area contributed by atoms with Gasteiger partial charge in [0.1, 0.15) is 0 Å². The molecule has 1 aliphatic rings. The zero-order valence-electron chi connectivity index (χ0n) is 11.2. The Labute approximate surface area is 102 Å². The lowest BCUT2D eigenvalue weighted by Gasteiger charge is -2.21. The van der Waals surface area contributed by atoms with Crippen molar-refractivity contribution in [2.45, 2.75) is 77.7 Å². The smallest absolute Gasteiger partial charge is 0.0104 e. The van der Waals surface area contributed by atoms with Crippen LogP contribution in [0.25, 0.3) is 0 Å². The van der Waals surface area contributed by atoms with Gasteiger partial charge in [-0.3, -0.25) is 0 Å². The molecule has 1 rings (SSSR count). The second-order valence-electron chi connectivity index (χ2n) is 5.06. The van der Waals surface area contributed by atoms with Gasteiger partial charge in [-0.1, -0.05) is 44.8 Å². The third-order valence-corrected chi connectivity index (χ3v) is 3.54. The largest absolute Gasteiger partial charge is 0.314 e. The van der Waals surface area contributed by atoms with Gasteiger partial charge in [-0.25, -0.2) is 0 Å². The van der Waals surface area contributed by atoms with Crippen molar-refractivity contribution in [3.63, 3.8) is 0 Å². The number of allylic oxidation sites excluding steroid dienone is 1. The second-order valence-corrected chi connectivity index (χ2v) is 5.06. The zero-order valence-corrected chi connectivity index (χ0v) is 11.2. The standard InChI is InChI=1S/C15H29N/c1-3-5-7-12-15(16-4-2)13-14-10-8-6-9-11-14/h10,15-16H,3-9,11-13H2,1-2H3. The molecule has 0 aromatic heterocycles. The van der Waals surface area contributed by atoms with Gasteiger partial charge in [0.2, 0.25) is 0 Å². The zero-order chi connectivity index (χ0) is 11.6. The molecule has 0 spiro atoms. The van der Waals surface area contributed by atoms with E-state index in [0.29, 0.717) is 0 Å². The van der Waals surface area contributed by atoms with Crippen molar-refractivity contribution in [2.24, 2.45) is 0 Å². The molecule has 0 aromatic carbocycles. The van der Waals surface area contributed by atoms with E-state index in [1.54, 1.807) is 5.57 Å². The van der Waals surface area contributed by atoms with Gasteiger partial charge in [-0.15, -0.1) is 0 Å². The molecule has 0 aliphatic heterocycles. The number of rotatable bonds is 8. The highest BCUT2D eigenvalue weighted by molar-refractivity contribution is 5.06. The monoisotopic (exact) mass is 223 g/mol. The van der Waals surface area contributed by atoms with Crippen LogP contribution in [0.15, 0.2) is 11.6 Å². The first kappa shape index (κ1) is 13.8. The van der Waals surface area contributed by atoms with Gasteiger partial charge < -0.3 is 5.32 Å². The highest BCUT2D eigenvalue weighted by Crippen LogP contribution is 2.22. The normalized spacial score (nSPS) is 18.2. The van der Waals surface area contributed by atoms with E-state index in [9.17, 15) is 0 Å². The minimum atomic E-state index is 0.737. The third kappa shape index (κ3) is 5.69. The van der Waals surface area contributed by atoms with E-state index in [1.165, 1.54) is 57.8 Å². The van der Waals surface area contributed by atoms with Gasteiger partial charge in [0, 0.05) is 6.04 Å². The molecule has 0 heterocycles. The summed E-state index contributed by atoms with van der Waals surface area (Å²) in [6.45, 7) is 5.62. The highest BCUT2D eigenvalue weighted by atomic mass is 14.9. The molecule has 0 aromatic rings. The molecule has 1 N–H and O–H groups in total.